The molecule has 0 bridgehead atoms. The van der Waals surface area contributed by atoms with Crippen molar-refractivity contribution in [3.05, 3.63) is 11.9 Å². The highest BCUT2D eigenvalue weighted by Gasteiger charge is 2.08. The first-order valence-electron chi connectivity index (χ1n) is 3.68. The summed E-state index contributed by atoms with van der Waals surface area (Å²) in [4.78, 5) is 10.7. The van der Waals surface area contributed by atoms with E-state index in [9.17, 15) is 18.0 Å². The van der Waals surface area contributed by atoms with E-state index in [1.165, 1.54) is 6.92 Å². The average Bonchev–Trinajstić information content (AvgIpc) is 2.03. The Morgan fingerprint density at radius 2 is 2.00 bits per heavy atom. The van der Waals surface area contributed by atoms with Gasteiger partial charge in [-0.15, -0.1) is 0 Å². The molecule has 0 saturated heterocycles. The third-order valence-corrected chi connectivity index (χ3v) is 1.26. The van der Waals surface area contributed by atoms with E-state index in [0.717, 1.165) is 0 Å². The van der Waals surface area contributed by atoms with Crippen LogP contribution in [0.4, 0.5) is 13.2 Å². The zero-order valence-corrected chi connectivity index (χ0v) is 7.11. The molecule has 3 N–H and O–H groups in total. The molecule has 0 fully saturated rings. The van der Waals surface area contributed by atoms with E-state index in [1.807, 2.05) is 0 Å². The minimum Gasteiger partial charge on any atom is -0.354 e. The van der Waals surface area contributed by atoms with E-state index in [4.69, 9.17) is 5.73 Å². The molecule has 1 atom stereocenters. The molecule has 0 aliphatic rings. The van der Waals surface area contributed by atoms with E-state index < -0.39 is 30.3 Å². The lowest BCUT2D eigenvalue weighted by atomic mass is 10.3. The molecule has 0 rings (SSSR count). The van der Waals surface area contributed by atoms with E-state index in [-0.39, 0.29) is 6.54 Å². The lowest BCUT2D eigenvalue weighted by molar-refractivity contribution is -0.121. The van der Waals surface area contributed by atoms with Crippen molar-refractivity contribution in [1.82, 2.24) is 5.32 Å². The number of carbonyl (C=O) groups excluding carboxylic acids is 1. The van der Waals surface area contributed by atoms with Gasteiger partial charge >= 0.3 is 6.08 Å². The highest BCUT2D eigenvalue weighted by atomic mass is 19.3. The molecule has 0 aromatic heterocycles. The standard InChI is InChI=1S/C7H11F3N2O/c1-4(11)7(13)12-3-2-5(8)6(9)10/h4H,2-3,11H2,1H3,(H,12,13)/t4-/m0/s1. The van der Waals surface area contributed by atoms with Gasteiger partial charge in [-0.3, -0.25) is 4.79 Å². The monoisotopic (exact) mass is 196 g/mol. The molecular formula is C7H11F3N2O. The molecule has 0 heterocycles. The smallest absolute Gasteiger partial charge is 0.301 e. The summed E-state index contributed by atoms with van der Waals surface area (Å²) < 4.78 is 35.1. The van der Waals surface area contributed by atoms with Gasteiger partial charge in [0, 0.05) is 13.0 Å². The molecule has 6 heteroatoms. The van der Waals surface area contributed by atoms with E-state index in [0.29, 0.717) is 0 Å². The Bertz CT molecular complexity index is 212. The van der Waals surface area contributed by atoms with Crippen LogP contribution < -0.4 is 11.1 Å². The number of amides is 1. The van der Waals surface area contributed by atoms with Crippen LogP contribution >= 0.6 is 0 Å². The van der Waals surface area contributed by atoms with Gasteiger partial charge in [-0.05, 0) is 6.92 Å². The molecule has 0 aliphatic carbocycles. The Balaban J connectivity index is 3.70. The van der Waals surface area contributed by atoms with Crippen molar-refractivity contribution in [2.45, 2.75) is 19.4 Å². The van der Waals surface area contributed by atoms with Crippen molar-refractivity contribution in [2.24, 2.45) is 5.73 Å². The fraction of sp³-hybridized carbons (Fsp3) is 0.571. The van der Waals surface area contributed by atoms with Gasteiger partial charge in [0.2, 0.25) is 5.91 Å². The van der Waals surface area contributed by atoms with E-state index >= 15 is 0 Å². The van der Waals surface area contributed by atoms with Crippen LogP contribution in [0.15, 0.2) is 11.9 Å². The second-order valence-electron chi connectivity index (χ2n) is 2.50. The quantitative estimate of drug-likeness (QED) is 0.702. The Labute approximate surface area is 73.8 Å². The SMILES string of the molecule is C[C@H](N)C(=O)NCCC(F)=C(F)F. The third-order valence-electron chi connectivity index (χ3n) is 1.26. The molecular weight excluding hydrogens is 185 g/mol. The number of halogens is 3. The summed E-state index contributed by atoms with van der Waals surface area (Å²) in [6.45, 7) is 1.26. The van der Waals surface area contributed by atoms with Crippen molar-refractivity contribution in [2.75, 3.05) is 6.54 Å². The zero-order chi connectivity index (χ0) is 10.4. The fourth-order valence-corrected chi connectivity index (χ4v) is 0.551. The van der Waals surface area contributed by atoms with Crippen LogP contribution in [0.5, 0.6) is 0 Å². The third kappa shape index (κ3) is 5.24. The summed E-state index contributed by atoms with van der Waals surface area (Å²) in [6, 6.07) is -0.720. The van der Waals surface area contributed by atoms with Crippen LogP contribution in [0.3, 0.4) is 0 Å². The Morgan fingerprint density at radius 3 is 2.38 bits per heavy atom. The molecule has 3 nitrogen and oxygen atoms in total. The first-order chi connectivity index (χ1) is 5.95. The van der Waals surface area contributed by atoms with Crippen molar-refractivity contribution in [1.29, 1.82) is 0 Å². The maximum Gasteiger partial charge on any atom is 0.301 e. The van der Waals surface area contributed by atoms with Gasteiger partial charge < -0.3 is 11.1 Å². The minimum absolute atomic E-state index is 0.177. The number of rotatable bonds is 4. The largest absolute Gasteiger partial charge is 0.354 e. The van der Waals surface area contributed by atoms with Gasteiger partial charge in [-0.1, -0.05) is 0 Å². The predicted molar refractivity (Wildman–Crippen MR) is 41.6 cm³/mol. The van der Waals surface area contributed by atoms with Gasteiger partial charge in [0.25, 0.3) is 0 Å². The summed E-state index contributed by atoms with van der Waals surface area (Å²) in [6.07, 6.45) is -2.86. The number of nitrogens with one attached hydrogen (secondary N) is 1. The lowest BCUT2D eigenvalue weighted by Gasteiger charge is -2.05. The molecule has 0 radical (unpaired) electrons. The Morgan fingerprint density at radius 1 is 1.46 bits per heavy atom. The number of nitrogens with two attached hydrogens (primary N) is 1. The van der Waals surface area contributed by atoms with Crippen molar-refractivity contribution in [3.63, 3.8) is 0 Å². The Kier molecular flexibility index (Phi) is 5.13. The van der Waals surface area contributed by atoms with Crippen LogP contribution in [-0.2, 0) is 4.79 Å². The van der Waals surface area contributed by atoms with Crippen molar-refractivity contribution < 1.29 is 18.0 Å². The van der Waals surface area contributed by atoms with Crippen LogP contribution in [0.25, 0.3) is 0 Å². The highest BCUT2D eigenvalue weighted by molar-refractivity contribution is 5.80. The predicted octanol–water partition coefficient (Wildman–Crippen LogP) is 0.917. The summed E-state index contributed by atoms with van der Waals surface area (Å²) >= 11 is 0. The second kappa shape index (κ2) is 5.58. The van der Waals surface area contributed by atoms with Crippen molar-refractivity contribution in [3.8, 4) is 0 Å². The van der Waals surface area contributed by atoms with Crippen LogP contribution in [0, 0.1) is 0 Å². The molecule has 0 aromatic carbocycles. The van der Waals surface area contributed by atoms with Crippen LogP contribution in [-0.4, -0.2) is 18.5 Å². The van der Waals surface area contributed by atoms with Gasteiger partial charge in [-0.2, -0.15) is 8.78 Å². The van der Waals surface area contributed by atoms with Gasteiger partial charge in [-0.25, -0.2) is 4.39 Å². The molecule has 13 heavy (non-hydrogen) atoms. The topological polar surface area (TPSA) is 55.1 Å². The normalized spacial score (nSPS) is 12.1. The number of carbonyl (C=O) groups is 1. The summed E-state index contributed by atoms with van der Waals surface area (Å²) in [7, 11) is 0. The molecule has 76 valence electrons. The number of hydrogen-bond donors (Lipinski definition) is 2. The molecule has 0 aliphatic heterocycles. The molecule has 1 amide bonds. The summed E-state index contributed by atoms with van der Waals surface area (Å²) in [5, 5.41) is 2.20. The average molecular weight is 196 g/mol. The molecule has 0 unspecified atom stereocenters. The Hall–Kier alpha value is -1.04. The van der Waals surface area contributed by atoms with E-state index in [2.05, 4.69) is 5.32 Å². The minimum atomic E-state index is -2.35. The highest BCUT2D eigenvalue weighted by Crippen LogP contribution is 2.11. The zero-order valence-electron chi connectivity index (χ0n) is 7.11. The molecule has 0 spiro atoms. The van der Waals surface area contributed by atoms with Gasteiger partial charge in [0.15, 0.2) is 5.83 Å². The molecule has 0 aromatic rings. The first-order valence-corrected chi connectivity index (χ1v) is 3.68. The first kappa shape index (κ1) is 12.0. The van der Waals surface area contributed by atoms with Crippen molar-refractivity contribution >= 4 is 5.91 Å². The molecule has 0 saturated carbocycles. The van der Waals surface area contributed by atoms with Gasteiger partial charge in [0.1, 0.15) is 0 Å². The summed E-state index contributed by atoms with van der Waals surface area (Å²) in [5.41, 5.74) is 5.15. The maximum atomic E-state index is 12.1. The van der Waals surface area contributed by atoms with Crippen LogP contribution in [0.2, 0.25) is 0 Å². The maximum absolute atomic E-state index is 12.1. The number of hydrogen-bond acceptors (Lipinski definition) is 2. The van der Waals surface area contributed by atoms with Gasteiger partial charge in [0.05, 0.1) is 6.04 Å². The lowest BCUT2D eigenvalue weighted by Crippen LogP contribution is -2.38. The summed E-state index contributed by atoms with van der Waals surface area (Å²) in [5.74, 6) is -2.00. The second-order valence-corrected chi connectivity index (χ2v) is 2.50. The van der Waals surface area contributed by atoms with Crippen LogP contribution in [0.1, 0.15) is 13.3 Å². The fourth-order valence-electron chi connectivity index (χ4n) is 0.551. The van der Waals surface area contributed by atoms with E-state index in [1.54, 1.807) is 0 Å².